The van der Waals surface area contributed by atoms with Gasteiger partial charge in [0, 0.05) is 16.7 Å². The largest absolute Gasteiger partial charge is 0.461 e. The number of carbonyl (C=O) groups excluding carboxylic acids is 1. The van der Waals surface area contributed by atoms with E-state index in [0.717, 1.165) is 0 Å². The summed E-state index contributed by atoms with van der Waals surface area (Å²) in [6, 6.07) is 7.28. The standard InChI is InChI=1S/C22H22N2O3/c1-5-17(25)13-12-15-10-9-11-16(14-15)21-23-19(7-3)18(6-2)20(24-21)22(26)27-8-4/h6-7,9-11,14,17,25H,2-3,5,8H2,1,4H3. The zero-order chi connectivity index (χ0) is 19.8. The molecule has 0 bridgehead atoms. The topological polar surface area (TPSA) is 72.3 Å². The lowest BCUT2D eigenvalue weighted by molar-refractivity contribution is 0.0519. The van der Waals surface area contributed by atoms with Gasteiger partial charge in [-0.05, 0) is 31.6 Å². The summed E-state index contributed by atoms with van der Waals surface area (Å²) >= 11 is 0. The van der Waals surface area contributed by atoms with E-state index < -0.39 is 12.1 Å². The van der Waals surface area contributed by atoms with Crippen molar-refractivity contribution in [2.24, 2.45) is 0 Å². The fourth-order valence-corrected chi connectivity index (χ4v) is 2.33. The molecule has 0 saturated heterocycles. The molecule has 138 valence electrons. The number of hydrogen-bond acceptors (Lipinski definition) is 5. The Balaban J connectivity index is 2.56. The van der Waals surface area contributed by atoms with Crippen LogP contribution in [0, 0.1) is 11.8 Å². The van der Waals surface area contributed by atoms with E-state index >= 15 is 0 Å². The number of carbonyl (C=O) groups is 1. The molecule has 1 aromatic carbocycles. The minimum atomic E-state index is -0.667. The lowest BCUT2D eigenvalue weighted by Crippen LogP contribution is -2.12. The Morgan fingerprint density at radius 2 is 2.07 bits per heavy atom. The van der Waals surface area contributed by atoms with Crippen molar-refractivity contribution >= 4 is 18.1 Å². The summed E-state index contributed by atoms with van der Waals surface area (Å²) in [6.45, 7) is 11.3. The van der Waals surface area contributed by atoms with Crippen molar-refractivity contribution in [3.8, 4) is 23.2 Å². The molecule has 2 rings (SSSR count). The first-order valence-electron chi connectivity index (χ1n) is 8.68. The van der Waals surface area contributed by atoms with Gasteiger partial charge in [0.05, 0.1) is 12.3 Å². The second-order valence-electron chi connectivity index (χ2n) is 5.60. The van der Waals surface area contributed by atoms with Crippen LogP contribution in [0.2, 0.25) is 0 Å². The third-order valence-corrected chi connectivity index (χ3v) is 3.73. The van der Waals surface area contributed by atoms with E-state index in [1.807, 2.05) is 25.1 Å². The summed E-state index contributed by atoms with van der Waals surface area (Å²) in [5.74, 6) is 5.53. The van der Waals surface area contributed by atoms with Crippen LogP contribution in [0.3, 0.4) is 0 Å². The number of esters is 1. The molecule has 0 spiro atoms. The maximum Gasteiger partial charge on any atom is 0.357 e. The predicted octanol–water partition coefficient (Wildman–Crippen LogP) is 3.73. The number of hydrogen-bond donors (Lipinski definition) is 1. The SMILES string of the molecule is C=Cc1nc(-c2cccc(C#CC(O)CC)c2)nc(C(=O)OCC)c1C=C. The van der Waals surface area contributed by atoms with E-state index in [1.54, 1.807) is 19.1 Å². The molecular weight excluding hydrogens is 340 g/mol. The van der Waals surface area contributed by atoms with Crippen molar-refractivity contribution in [3.05, 3.63) is 59.9 Å². The molecule has 0 amide bonds. The van der Waals surface area contributed by atoms with Gasteiger partial charge in [0.2, 0.25) is 0 Å². The number of benzene rings is 1. The van der Waals surface area contributed by atoms with Gasteiger partial charge in [0.25, 0.3) is 0 Å². The Bertz CT molecular complexity index is 923. The summed E-state index contributed by atoms with van der Waals surface area (Å²) in [6.07, 6.45) is 2.96. The number of rotatable bonds is 6. The molecule has 5 nitrogen and oxygen atoms in total. The van der Waals surface area contributed by atoms with Gasteiger partial charge in [-0.15, -0.1) is 0 Å². The fraction of sp³-hybridized carbons (Fsp3) is 0.227. The van der Waals surface area contributed by atoms with Gasteiger partial charge in [-0.25, -0.2) is 14.8 Å². The third-order valence-electron chi connectivity index (χ3n) is 3.73. The quantitative estimate of drug-likeness (QED) is 0.626. The zero-order valence-corrected chi connectivity index (χ0v) is 15.5. The molecule has 1 unspecified atom stereocenters. The van der Waals surface area contributed by atoms with Crippen LogP contribution in [0.1, 0.15) is 47.6 Å². The third kappa shape index (κ3) is 4.90. The van der Waals surface area contributed by atoms with Crippen LogP contribution in [-0.4, -0.2) is 33.8 Å². The molecule has 0 saturated carbocycles. The summed E-state index contributed by atoms with van der Waals surface area (Å²) in [4.78, 5) is 21.2. The van der Waals surface area contributed by atoms with Crippen LogP contribution in [0.15, 0.2) is 37.4 Å². The van der Waals surface area contributed by atoms with Crippen molar-refractivity contribution in [2.45, 2.75) is 26.4 Å². The van der Waals surface area contributed by atoms with Gasteiger partial charge in [-0.3, -0.25) is 0 Å². The first-order valence-corrected chi connectivity index (χ1v) is 8.68. The number of nitrogens with zero attached hydrogens (tertiary/aromatic N) is 2. The number of aliphatic hydroxyl groups excluding tert-OH is 1. The molecule has 0 aliphatic rings. The van der Waals surface area contributed by atoms with Gasteiger partial charge < -0.3 is 9.84 Å². The van der Waals surface area contributed by atoms with Gasteiger partial charge >= 0.3 is 5.97 Å². The maximum absolute atomic E-state index is 12.3. The average molecular weight is 362 g/mol. The molecular formula is C22H22N2O3. The molecule has 1 N–H and O–H groups in total. The smallest absolute Gasteiger partial charge is 0.357 e. The van der Waals surface area contributed by atoms with Crippen molar-refractivity contribution in [3.63, 3.8) is 0 Å². The highest BCUT2D eigenvalue weighted by atomic mass is 16.5. The summed E-state index contributed by atoms with van der Waals surface area (Å²) in [7, 11) is 0. The van der Waals surface area contributed by atoms with Crippen molar-refractivity contribution in [2.75, 3.05) is 6.61 Å². The van der Waals surface area contributed by atoms with Crippen LogP contribution in [-0.2, 0) is 4.74 Å². The number of aliphatic hydroxyl groups is 1. The van der Waals surface area contributed by atoms with Crippen LogP contribution < -0.4 is 0 Å². The van der Waals surface area contributed by atoms with Gasteiger partial charge in [0.1, 0.15) is 6.10 Å². The normalized spacial score (nSPS) is 11.1. The van der Waals surface area contributed by atoms with Gasteiger partial charge in [0.15, 0.2) is 11.5 Å². The predicted molar refractivity (Wildman–Crippen MR) is 107 cm³/mol. The van der Waals surface area contributed by atoms with E-state index in [9.17, 15) is 9.90 Å². The van der Waals surface area contributed by atoms with Crippen LogP contribution in [0.4, 0.5) is 0 Å². The Morgan fingerprint density at radius 3 is 2.70 bits per heavy atom. The Morgan fingerprint density at radius 1 is 1.30 bits per heavy atom. The van der Waals surface area contributed by atoms with E-state index in [-0.39, 0.29) is 12.3 Å². The maximum atomic E-state index is 12.3. The number of aromatic nitrogens is 2. The van der Waals surface area contributed by atoms with Crippen LogP contribution in [0.5, 0.6) is 0 Å². The van der Waals surface area contributed by atoms with Crippen LogP contribution >= 0.6 is 0 Å². The minimum Gasteiger partial charge on any atom is -0.461 e. The first kappa shape index (κ1) is 20.1. The van der Waals surface area contributed by atoms with E-state index in [1.165, 1.54) is 6.08 Å². The second kappa shape index (κ2) is 9.46. The average Bonchev–Trinajstić information content (AvgIpc) is 2.71. The molecule has 27 heavy (non-hydrogen) atoms. The summed E-state index contributed by atoms with van der Waals surface area (Å²) in [5.41, 5.74) is 2.53. The highest BCUT2D eigenvalue weighted by Gasteiger charge is 2.19. The van der Waals surface area contributed by atoms with Gasteiger partial charge in [-0.2, -0.15) is 0 Å². The van der Waals surface area contributed by atoms with Gasteiger partial charge in [-0.1, -0.05) is 50.1 Å². The Hall–Kier alpha value is -3.23. The minimum absolute atomic E-state index is 0.143. The molecule has 5 heteroatoms. The Labute approximate surface area is 159 Å². The summed E-state index contributed by atoms with van der Waals surface area (Å²) < 4.78 is 5.10. The monoisotopic (exact) mass is 362 g/mol. The molecule has 1 aromatic heterocycles. The highest BCUT2D eigenvalue weighted by molar-refractivity contribution is 5.93. The van der Waals surface area contributed by atoms with Crippen LogP contribution in [0.25, 0.3) is 23.5 Å². The van der Waals surface area contributed by atoms with Crippen molar-refractivity contribution < 1.29 is 14.6 Å². The van der Waals surface area contributed by atoms with E-state index in [2.05, 4.69) is 35.0 Å². The molecule has 1 heterocycles. The molecule has 1 atom stereocenters. The second-order valence-corrected chi connectivity index (χ2v) is 5.60. The number of ether oxygens (including phenoxy) is 1. The summed E-state index contributed by atoms with van der Waals surface area (Å²) in [5, 5.41) is 9.61. The van der Waals surface area contributed by atoms with Crippen molar-refractivity contribution in [1.82, 2.24) is 9.97 Å². The van der Waals surface area contributed by atoms with E-state index in [0.29, 0.717) is 34.6 Å². The molecule has 0 aliphatic heterocycles. The molecule has 0 radical (unpaired) electrons. The lowest BCUT2D eigenvalue weighted by atomic mass is 10.1. The van der Waals surface area contributed by atoms with E-state index in [4.69, 9.17) is 4.74 Å². The fourth-order valence-electron chi connectivity index (χ4n) is 2.33. The first-order chi connectivity index (χ1) is 13.0. The Kier molecular flexibility index (Phi) is 7.04. The molecule has 2 aromatic rings. The highest BCUT2D eigenvalue weighted by Crippen LogP contribution is 2.22. The lowest BCUT2D eigenvalue weighted by Gasteiger charge is -2.10. The van der Waals surface area contributed by atoms with Crippen molar-refractivity contribution in [1.29, 1.82) is 0 Å². The molecule has 0 aliphatic carbocycles. The zero-order valence-electron chi connectivity index (χ0n) is 15.5. The molecule has 0 fully saturated rings.